The second-order valence-electron chi connectivity index (χ2n) is 4.67. The zero-order chi connectivity index (χ0) is 12.7. The van der Waals surface area contributed by atoms with Gasteiger partial charge < -0.3 is 10.8 Å². The number of hydrogen-bond acceptors (Lipinski definition) is 2. The Morgan fingerprint density at radius 3 is 2.29 bits per heavy atom. The quantitative estimate of drug-likeness (QED) is 0.845. The highest BCUT2D eigenvalue weighted by Gasteiger charge is 2.11. The molecule has 94 valence electrons. The molecule has 0 aromatic heterocycles. The molecule has 3 N–H and O–H groups in total. The predicted molar refractivity (Wildman–Crippen MR) is 68.8 cm³/mol. The van der Waals surface area contributed by atoms with E-state index in [2.05, 4.69) is 6.92 Å². The van der Waals surface area contributed by atoms with Crippen LogP contribution in [0.4, 0.5) is 0 Å². The summed E-state index contributed by atoms with van der Waals surface area (Å²) in [4.78, 5) is 10.4. The van der Waals surface area contributed by atoms with Crippen LogP contribution in [-0.2, 0) is 11.2 Å². The van der Waals surface area contributed by atoms with Gasteiger partial charge in [-0.3, -0.25) is 4.79 Å². The summed E-state index contributed by atoms with van der Waals surface area (Å²) < 4.78 is 0. The lowest BCUT2D eigenvalue weighted by molar-refractivity contribution is -0.138. The van der Waals surface area contributed by atoms with Crippen molar-refractivity contribution in [2.45, 2.75) is 38.6 Å². The maximum atomic E-state index is 10.4. The van der Waals surface area contributed by atoms with Crippen LogP contribution in [0.25, 0.3) is 0 Å². The molecule has 0 radical (unpaired) electrons. The molecule has 0 bridgehead atoms. The topological polar surface area (TPSA) is 63.3 Å². The van der Waals surface area contributed by atoms with Gasteiger partial charge in [0.05, 0.1) is 0 Å². The van der Waals surface area contributed by atoms with Crippen molar-refractivity contribution in [3.05, 3.63) is 35.9 Å². The lowest BCUT2D eigenvalue weighted by Crippen LogP contribution is -2.32. The van der Waals surface area contributed by atoms with Crippen molar-refractivity contribution in [1.29, 1.82) is 0 Å². The van der Waals surface area contributed by atoms with Crippen molar-refractivity contribution >= 4 is 5.97 Å². The molecule has 2 rings (SSSR count). The largest absolute Gasteiger partial charge is 0.480 e. The monoisotopic (exact) mass is 235 g/mol. The summed E-state index contributed by atoms with van der Waals surface area (Å²) in [7, 11) is 0. The van der Waals surface area contributed by atoms with Crippen molar-refractivity contribution in [3.8, 4) is 0 Å². The predicted octanol–water partition coefficient (Wildman–Crippen LogP) is 2.45. The van der Waals surface area contributed by atoms with E-state index in [9.17, 15) is 4.79 Å². The highest BCUT2D eigenvalue weighted by atomic mass is 16.4. The van der Waals surface area contributed by atoms with E-state index in [1.165, 1.54) is 19.3 Å². The van der Waals surface area contributed by atoms with Gasteiger partial charge in [0.1, 0.15) is 6.04 Å². The van der Waals surface area contributed by atoms with E-state index in [-0.39, 0.29) is 0 Å². The Balaban J connectivity index is 0.000000239. The molecule has 0 amide bonds. The fourth-order valence-corrected chi connectivity index (χ4v) is 1.57. The van der Waals surface area contributed by atoms with Crippen molar-refractivity contribution in [3.63, 3.8) is 0 Å². The Labute approximate surface area is 103 Å². The van der Waals surface area contributed by atoms with Gasteiger partial charge in [0.15, 0.2) is 0 Å². The van der Waals surface area contributed by atoms with Crippen LogP contribution in [0.15, 0.2) is 30.3 Å². The summed E-state index contributed by atoms with van der Waals surface area (Å²) in [5.41, 5.74) is 6.30. The highest BCUT2D eigenvalue weighted by Crippen LogP contribution is 2.24. The van der Waals surface area contributed by atoms with E-state index in [0.29, 0.717) is 6.42 Å². The van der Waals surface area contributed by atoms with Crippen LogP contribution in [0, 0.1) is 5.92 Å². The van der Waals surface area contributed by atoms with Crippen LogP contribution in [0.3, 0.4) is 0 Å². The molecule has 1 fully saturated rings. The lowest BCUT2D eigenvalue weighted by Gasteiger charge is -2.18. The third kappa shape index (κ3) is 5.50. The standard InChI is InChI=1S/C9H11NO2.C5H10/c10-8(9(11)12)6-7-4-2-1-3-5-7;1-5-3-2-4-5/h1-5,8H,6,10H2,(H,11,12);5H,2-4H2,1H3. The van der Waals surface area contributed by atoms with Gasteiger partial charge in [0, 0.05) is 0 Å². The van der Waals surface area contributed by atoms with E-state index in [0.717, 1.165) is 11.5 Å². The van der Waals surface area contributed by atoms with E-state index in [4.69, 9.17) is 10.8 Å². The summed E-state index contributed by atoms with van der Waals surface area (Å²) in [6, 6.07) is 8.54. The number of rotatable bonds is 3. The Kier molecular flexibility index (Phi) is 5.70. The summed E-state index contributed by atoms with van der Waals surface area (Å²) in [6.07, 6.45) is 4.84. The van der Waals surface area contributed by atoms with Crippen LogP contribution < -0.4 is 5.73 Å². The first-order valence-corrected chi connectivity index (χ1v) is 6.12. The van der Waals surface area contributed by atoms with Gasteiger partial charge in [-0.05, 0) is 17.9 Å². The highest BCUT2D eigenvalue weighted by molar-refractivity contribution is 5.73. The molecule has 1 saturated carbocycles. The molecule has 1 aromatic carbocycles. The molecule has 1 aliphatic rings. The minimum absolute atomic E-state index is 0.385. The van der Waals surface area contributed by atoms with Gasteiger partial charge in [-0.15, -0.1) is 0 Å². The first-order chi connectivity index (χ1) is 8.09. The number of benzene rings is 1. The summed E-state index contributed by atoms with van der Waals surface area (Å²) >= 11 is 0. The van der Waals surface area contributed by atoms with Crippen molar-refractivity contribution in [2.75, 3.05) is 0 Å². The van der Waals surface area contributed by atoms with Gasteiger partial charge in [-0.1, -0.05) is 56.5 Å². The Bertz CT molecular complexity index is 333. The van der Waals surface area contributed by atoms with Crippen molar-refractivity contribution in [1.82, 2.24) is 0 Å². The van der Waals surface area contributed by atoms with E-state index >= 15 is 0 Å². The Hall–Kier alpha value is -1.35. The molecule has 0 heterocycles. The van der Waals surface area contributed by atoms with Gasteiger partial charge >= 0.3 is 5.97 Å². The van der Waals surface area contributed by atoms with Crippen LogP contribution >= 0.6 is 0 Å². The average molecular weight is 235 g/mol. The van der Waals surface area contributed by atoms with Crippen LogP contribution in [-0.4, -0.2) is 17.1 Å². The smallest absolute Gasteiger partial charge is 0.320 e. The van der Waals surface area contributed by atoms with E-state index < -0.39 is 12.0 Å². The van der Waals surface area contributed by atoms with Gasteiger partial charge in [0.2, 0.25) is 0 Å². The number of nitrogens with two attached hydrogens (primary N) is 1. The SMILES string of the molecule is CC1CCC1.NC(Cc1ccccc1)C(=O)O. The summed E-state index contributed by atoms with van der Waals surface area (Å²) in [6.45, 7) is 2.31. The van der Waals surface area contributed by atoms with Gasteiger partial charge in [-0.25, -0.2) is 0 Å². The van der Waals surface area contributed by atoms with Crippen LogP contribution in [0.5, 0.6) is 0 Å². The number of aliphatic carboxylic acids is 1. The fraction of sp³-hybridized carbons (Fsp3) is 0.500. The normalized spacial score (nSPS) is 16.4. The number of hydrogen-bond donors (Lipinski definition) is 2. The maximum Gasteiger partial charge on any atom is 0.320 e. The molecule has 0 spiro atoms. The number of carbonyl (C=O) groups is 1. The molecule has 1 aromatic rings. The Morgan fingerprint density at radius 2 is 1.94 bits per heavy atom. The van der Waals surface area contributed by atoms with Crippen molar-refractivity contribution in [2.24, 2.45) is 11.7 Å². The third-order valence-corrected chi connectivity index (χ3v) is 3.01. The number of carboxylic acids is 1. The molecule has 3 heteroatoms. The summed E-state index contributed by atoms with van der Waals surface area (Å²) in [5.74, 6) is 0.105. The zero-order valence-corrected chi connectivity index (χ0v) is 10.3. The molecule has 17 heavy (non-hydrogen) atoms. The van der Waals surface area contributed by atoms with Crippen LogP contribution in [0.2, 0.25) is 0 Å². The molecule has 1 unspecified atom stereocenters. The minimum Gasteiger partial charge on any atom is -0.480 e. The first kappa shape index (κ1) is 13.7. The zero-order valence-electron chi connectivity index (χ0n) is 10.3. The molecule has 1 atom stereocenters. The third-order valence-electron chi connectivity index (χ3n) is 3.01. The lowest BCUT2D eigenvalue weighted by atomic mass is 9.88. The molecule has 3 nitrogen and oxygen atoms in total. The van der Waals surface area contributed by atoms with E-state index in [1.54, 1.807) is 0 Å². The molecule has 0 saturated heterocycles. The molecular formula is C14H21NO2. The second kappa shape index (κ2) is 7.07. The molecule has 1 aliphatic carbocycles. The number of carboxylic acid groups (broad SMARTS) is 1. The first-order valence-electron chi connectivity index (χ1n) is 6.12. The molecular weight excluding hydrogens is 214 g/mol. The summed E-state index contributed by atoms with van der Waals surface area (Å²) in [5, 5.41) is 8.52. The van der Waals surface area contributed by atoms with Crippen LogP contribution in [0.1, 0.15) is 31.7 Å². The molecule has 0 aliphatic heterocycles. The second-order valence-corrected chi connectivity index (χ2v) is 4.67. The Morgan fingerprint density at radius 1 is 1.41 bits per heavy atom. The average Bonchev–Trinajstić information content (AvgIpc) is 2.28. The fourth-order valence-electron chi connectivity index (χ4n) is 1.57. The van der Waals surface area contributed by atoms with E-state index in [1.807, 2.05) is 30.3 Å². The van der Waals surface area contributed by atoms with Gasteiger partial charge in [0.25, 0.3) is 0 Å². The minimum atomic E-state index is -0.959. The van der Waals surface area contributed by atoms with Crippen molar-refractivity contribution < 1.29 is 9.90 Å². The maximum absolute atomic E-state index is 10.4. The van der Waals surface area contributed by atoms with Gasteiger partial charge in [-0.2, -0.15) is 0 Å².